The van der Waals surface area contributed by atoms with Crippen molar-refractivity contribution in [2.45, 2.75) is 20.8 Å². The highest BCUT2D eigenvalue weighted by Crippen LogP contribution is 2.40. The van der Waals surface area contributed by atoms with Crippen molar-refractivity contribution in [2.75, 3.05) is 0 Å². The molecule has 0 bridgehead atoms. The van der Waals surface area contributed by atoms with Crippen LogP contribution in [0.5, 0.6) is 0 Å². The summed E-state index contributed by atoms with van der Waals surface area (Å²) in [5, 5.41) is 48.6. The fraction of sp³-hybridized carbons (Fsp3) is 0.0435. The van der Waals surface area contributed by atoms with E-state index in [0.29, 0.717) is 0 Å². The second-order valence-electron chi connectivity index (χ2n) is 20.6. The monoisotopic (exact) mass is 1050 g/mol. The van der Waals surface area contributed by atoms with Crippen molar-refractivity contribution in [3.8, 4) is 146 Å². The van der Waals surface area contributed by atoms with E-state index in [9.17, 15) is 0 Å². The molecule has 6 N–H and O–H groups in total. The SMILES string of the molecule is Cc1cccc(-c2cc(-c3ccc(-c4cc(-c5cccc(C)c5)n[nH]4)c(-c4cc(-c5ccc(-c6ccc(-c7cc(-c8cc(-c9cc(-c%10ccccc%10)[nH]n9)cc(-c9cc(-c%10ccccc%10)n[nH]9)c8)[nH]n7)cc6)c(C)c5)n[nH]4)c3)[nH]n2)c1. The Hall–Kier alpha value is -11.0. The van der Waals surface area contributed by atoms with Gasteiger partial charge in [0.15, 0.2) is 0 Å². The van der Waals surface area contributed by atoms with Gasteiger partial charge in [-0.15, -0.1) is 0 Å². The molecule has 14 aromatic rings. The number of aromatic amines is 6. The van der Waals surface area contributed by atoms with E-state index in [1.165, 1.54) is 11.1 Å². The first-order valence-electron chi connectivity index (χ1n) is 26.9. The zero-order chi connectivity index (χ0) is 54.4. The van der Waals surface area contributed by atoms with Gasteiger partial charge in [-0.05, 0) is 122 Å². The Labute approximate surface area is 467 Å². The molecule has 0 atom stereocenters. The molecule has 12 heteroatoms. The van der Waals surface area contributed by atoms with Gasteiger partial charge in [0, 0.05) is 61.2 Å². The van der Waals surface area contributed by atoms with Gasteiger partial charge in [0.1, 0.15) is 0 Å². The van der Waals surface area contributed by atoms with Crippen LogP contribution in [0.4, 0.5) is 0 Å². The average molecular weight is 1050 g/mol. The van der Waals surface area contributed by atoms with Crippen LogP contribution in [-0.4, -0.2) is 61.2 Å². The van der Waals surface area contributed by atoms with Crippen LogP contribution >= 0.6 is 0 Å². The Morgan fingerprint density at radius 2 is 0.568 bits per heavy atom. The normalized spacial score (nSPS) is 11.4. The minimum atomic E-state index is 0.834. The summed E-state index contributed by atoms with van der Waals surface area (Å²) in [6, 6.07) is 77.9. The summed E-state index contributed by atoms with van der Waals surface area (Å²) in [7, 11) is 0. The Kier molecular flexibility index (Phi) is 12.2. The molecule has 0 fully saturated rings. The zero-order valence-corrected chi connectivity index (χ0v) is 44.5. The molecular formula is C69H52N12. The molecular weight excluding hydrogens is 997 g/mol. The predicted octanol–water partition coefficient (Wildman–Crippen LogP) is 16.6. The zero-order valence-electron chi connectivity index (χ0n) is 44.5. The number of nitrogens with zero attached hydrogens (tertiary/aromatic N) is 6. The van der Waals surface area contributed by atoms with Crippen molar-refractivity contribution in [2.24, 2.45) is 0 Å². The van der Waals surface area contributed by atoms with E-state index in [1.807, 2.05) is 36.4 Å². The Balaban J connectivity index is 0.739. The fourth-order valence-electron chi connectivity index (χ4n) is 10.7. The fourth-order valence-corrected chi connectivity index (χ4v) is 10.7. The average Bonchev–Trinajstić information content (AvgIpc) is 4.41. The van der Waals surface area contributed by atoms with E-state index >= 15 is 0 Å². The molecule has 81 heavy (non-hydrogen) atoms. The lowest BCUT2D eigenvalue weighted by Gasteiger charge is -2.09. The topological polar surface area (TPSA) is 172 Å². The standard InChI is InChI=1S/C69H52N12/c1-41-12-10-18-48(28-41)61-38-62(74-73-61)51-25-27-56(68-39-63(75-80-68)49-19-11-13-42(2)29-49)57(34-51)69-40-64(76-81-69)50-24-26-55(43(3)30-50)44-20-22-47(23-21-44)60-37-67(79-72-60)54-32-52(65-35-58(70-77-65)45-14-6-4-7-15-45)31-53(33-54)66-36-59(71-78-66)46-16-8-5-9-17-46/h4-40H,1-3H3,(H,70,77)(H,71,78)(H,72,79)(H,73,74)(H,75,80)(H,76,81). The second-order valence-corrected chi connectivity index (χ2v) is 20.6. The molecule has 6 heterocycles. The smallest absolute Gasteiger partial charge is 0.0927 e. The minimum absolute atomic E-state index is 0.834. The van der Waals surface area contributed by atoms with Gasteiger partial charge < -0.3 is 0 Å². The molecule has 14 rings (SSSR count). The molecule has 0 aliphatic heterocycles. The van der Waals surface area contributed by atoms with Crippen LogP contribution in [0.2, 0.25) is 0 Å². The third-order valence-electron chi connectivity index (χ3n) is 15.0. The first kappa shape index (κ1) is 48.4. The second kappa shape index (κ2) is 20.4. The minimum Gasteiger partial charge on any atom is -0.277 e. The summed E-state index contributed by atoms with van der Waals surface area (Å²) in [5.74, 6) is 0. The maximum absolute atomic E-state index is 4.90. The van der Waals surface area contributed by atoms with Crippen molar-refractivity contribution in [3.63, 3.8) is 0 Å². The van der Waals surface area contributed by atoms with Crippen LogP contribution in [0.25, 0.3) is 146 Å². The van der Waals surface area contributed by atoms with Crippen LogP contribution in [0.1, 0.15) is 16.7 Å². The molecule has 0 amide bonds. The number of H-pyrrole nitrogens is 6. The number of hydrogen-bond donors (Lipinski definition) is 6. The lowest BCUT2D eigenvalue weighted by molar-refractivity contribution is 1.09. The highest BCUT2D eigenvalue weighted by molar-refractivity contribution is 5.88. The van der Waals surface area contributed by atoms with E-state index in [4.69, 9.17) is 25.5 Å². The van der Waals surface area contributed by atoms with Gasteiger partial charge in [0.2, 0.25) is 0 Å². The molecule has 0 radical (unpaired) electrons. The van der Waals surface area contributed by atoms with Crippen LogP contribution in [0, 0.1) is 20.8 Å². The molecule has 12 nitrogen and oxygen atoms in total. The number of benzene rings is 8. The molecule has 0 unspecified atom stereocenters. The van der Waals surface area contributed by atoms with E-state index < -0.39 is 0 Å². The van der Waals surface area contributed by atoms with E-state index in [2.05, 4.69) is 245 Å². The van der Waals surface area contributed by atoms with Gasteiger partial charge in [-0.3, -0.25) is 30.6 Å². The summed E-state index contributed by atoms with van der Waals surface area (Å²) in [4.78, 5) is 0. The highest BCUT2D eigenvalue weighted by Gasteiger charge is 2.19. The van der Waals surface area contributed by atoms with Gasteiger partial charge in [0.05, 0.1) is 68.3 Å². The van der Waals surface area contributed by atoms with Gasteiger partial charge >= 0.3 is 0 Å². The number of nitrogens with one attached hydrogen (secondary N) is 6. The number of aryl methyl sites for hydroxylation is 3. The molecule has 0 aliphatic carbocycles. The van der Waals surface area contributed by atoms with E-state index in [1.54, 1.807) is 0 Å². The summed E-state index contributed by atoms with van der Waals surface area (Å²) in [5.41, 5.74) is 28.5. The summed E-state index contributed by atoms with van der Waals surface area (Å²) >= 11 is 0. The van der Waals surface area contributed by atoms with Crippen LogP contribution in [0.3, 0.4) is 0 Å². The molecule has 388 valence electrons. The Morgan fingerprint density at radius 1 is 0.210 bits per heavy atom. The Morgan fingerprint density at radius 3 is 1.10 bits per heavy atom. The molecule has 0 aliphatic rings. The van der Waals surface area contributed by atoms with Crippen molar-refractivity contribution < 1.29 is 0 Å². The van der Waals surface area contributed by atoms with Crippen molar-refractivity contribution in [1.29, 1.82) is 0 Å². The van der Waals surface area contributed by atoms with E-state index in [0.717, 1.165) is 152 Å². The first-order chi connectivity index (χ1) is 39.8. The number of aromatic nitrogens is 12. The largest absolute Gasteiger partial charge is 0.277 e. The van der Waals surface area contributed by atoms with Crippen LogP contribution in [0.15, 0.2) is 224 Å². The first-order valence-corrected chi connectivity index (χ1v) is 26.9. The van der Waals surface area contributed by atoms with Gasteiger partial charge in [0.25, 0.3) is 0 Å². The van der Waals surface area contributed by atoms with Crippen molar-refractivity contribution in [1.82, 2.24) is 61.2 Å². The van der Waals surface area contributed by atoms with Gasteiger partial charge in [-0.25, -0.2) is 0 Å². The molecule has 8 aromatic carbocycles. The van der Waals surface area contributed by atoms with Crippen molar-refractivity contribution >= 4 is 0 Å². The van der Waals surface area contributed by atoms with E-state index in [-0.39, 0.29) is 0 Å². The lowest BCUT2D eigenvalue weighted by Crippen LogP contribution is -1.89. The molecule has 0 spiro atoms. The lowest BCUT2D eigenvalue weighted by atomic mass is 9.95. The Bertz CT molecular complexity index is 4470. The summed E-state index contributed by atoms with van der Waals surface area (Å²) in [6.45, 7) is 6.35. The quantitative estimate of drug-likeness (QED) is 0.0671. The van der Waals surface area contributed by atoms with Crippen LogP contribution in [-0.2, 0) is 0 Å². The third-order valence-corrected chi connectivity index (χ3v) is 15.0. The summed E-state index contributed by atoms with van der Waals surface area (Å²) in [6.07, 6.45) is 0. The third kappa shape index (κ3) is 9.67. The molecule has 6 aromatic heterocycles. The van der Waals surface area contributed by atoms with Gasteiger partial charge in [-0.1, -0.05) is 157 Å². The van der Waals surface area contributed by atoms with Gasteiger partial charge in [-0.2, -0.15) is 30.6 Å². The molecule has 0 saturated carbocycles. The predicted molar refractivity (Wildman–Crippen MR) is 324 cm³/mol. The van der Waals surface area contributed by atoms with Crippen molar-refractivity contribution in [3.05, 3.63) is 241 Å². The number of hydrogen-bond acceptors (Lipinski definition) is 6. The maximum atomic E-state index is 4.90. The number of rotatable bonds is 13. The highest BCUT2D eigenvalue weighted by atomic mass is 15.1. The maximum Gasteiger partial charge on any atom is 0.0927 e. The molecule has 0 saturated heterocycles. The van der Waals surface area contributed by atoms with Crippen LogP contribution < -0.4 is 0 Å². The summed E-state index contributed by atoms with van der Waals surface area (Å²) < 4.78 is 0.